The summed E-state index contributed by atoms with van der Waals surface area (Å²) >= 11 is 1.21. The van der Waals surface area contributed by atoms with Crippen LogP contribution in [0.5, 0.6) is 0 Å². The van der Waals surface area contributed by atoms with Crippen LogP contribution in [-0.4, -0.2) is 32.4 Å². The third-order valence-electron chi connectivity index (χ3n) is 4.68. The first kappa shape index (κ1) is 21.5. The monoisotopic (exact) mass is 443 g/mol. The Morgan fingerprint density at radius 3 is 2.62 bits per heavy atom. The van der Waals surface area contributed by atoms with Gasteiger partial charge in [0.05, 0.1) is 22.9 Å². The Hall–Kier alpha value is -3.78. The fraction of sp³-hybridized carbons (Fsp3) is 0.125. The van der Waals surface area contributed by atoms with E-state index in [2.05, 4.69) is 20.5 Å². The number of para-hydroxylation sites is 1. The molecule has 2 aromatic heterocycles. The van der Waals surface area contributed by atoms with Crippen molar-refractivity contribution in [1.82, 2.24) is 20.0 Å². The van der Waals surface area contributed by atoms with Crippen LogP contribution in [-0.2, 0) is 17.8 Å². The van der Waals surface area contributed by atoms with Crippen LogP contribution in [0.25, 0.3) is 10.9 Å². The van der Waals surface area contributed by atoms with Crippen molar-refractivity contribution in [3.05, 3.63) is 101 Å². The van der Waals surface area contributed by atoms with E-state index in [1.54, 1.807) is 29.1 Å². The lowest BCUT2D eigenvalue weighted by molar-refractivity contribution is -0.118. The maximum absolute atomic E-state index is 13.1. The molecule has 0 saturated heterocycles. The second kappa shape index (κ2) is 10.5. The van der Waals surface area contributed by atoms with E-state index in [0.29, 0.717) is 29.0 Å². The number of pyridine rings is 1. The van der Waals surface area contributed by atoms with Gasteiger partial charge >= 0.3 is 0 Å². The van der Waals surface area contributed by atoms with Crippen molar-refractivity contribution in [2.45, 2.75) is 18.1 Å². The number of hydrogen-bond acceptors (Lipinski definition) is 6. The number of nitrogens with zero attached hydrogens (tertiary/aromatic N) is 4. The van der Waals surface area contributed by atoms with Crippen LogP contribution in [0.15, 0.2) is 94.0 Å². The Balaban J connectivity index is 1.49. The fourth-order valence-corrected chi connectivity index (χ4v) is 3.93. The summed E-state index contributed by atoms with van der Waals surface area (Å²) in [5.74, 6) is -0.193. The molecule has 0 spiro atoms. The molecule has 0 radical (unpaired) electrons. The van der Waals surface area contributed by atoms with Gasteiger partial charge in [-0.2, -0.15) is 5.10 Å². The van der Waals surface area contributed by atoms with Gasteiger partial charge in [0.25, 0.3) is 11.5 Å². The van der Waals surface area contributed by atoms with Gasteiger partial charge < -0.3 is 0 Å². The highest BCUT2D eigenvalue weighted by atomic mass is 32.2. The largest absolute Gasteiger partial charge is 0.287 e. The lowest BCUT2D eigenvalue weighted by Crippen LogP contribution is -2.26. The Labute approximate surface area is 189 Å². The molecule has 4 rings (SSSR count). The molecule has 0 unspecified atom stereocenters. The number of benzene rings is 2. The van der Waals surface area contributed by atoms with Gasteiger partial charge in [-0.25, -0.2) is 10.4 Å². The van der Waals surface area contributed by atoms with Crippen molar-refractivity contribution in [3.8, 4) is 0 Å². The summed E-state index contributed by atoms with van der Waals surface area (Å²) in [5.41, 5.74) is 4.77. The third-order valence-corrected chi connectivity index (χ3v) is 5.66. The maximum Gasteiger partial charge on any atom is 0.262 e. The van der Waals surface area contributed by atoms with Gasteiger partial charge in [-0.3, -0.25) is 19.1 Å². The number of aryl methyl sites for hydroxylation is 1. The predicted molar refractivity (Wildman–Crippen MR) is 127 cm³/mol. The zero-order chi connectivity index (χ0) is 22.2. The molecule has 0 fully saturated rings. The maximum atomic E-state index is 13.1. The molecule has 160 valence electrons. The van der Waals surface area contributed by atoms with E-state index in [-0.39, 0.29) is 17.2 Å². The number of fused-ring (bicyclic) bond motifs is 1. The van der Waals surface area contributed by atoms with Crippen LogP contribution in [0, 0.1) is 0 Å². The SMILES string of the molecule is O=C(CSc1nc2ccccc2c(=O)n1CCc1ccccn1)N/N=C/c1ccccc1. The van der Waals surface area contributed by atoms with Gasteiger partial charge in [-0.15, -0.1) is 0 Å². The molecule has 2 heterocycles. The standard InChI is InChI=1S/C24H21N5O2S/c30-22(28-26-16-18-8-2-1-3-9-18)17-32-24-27-21-12-5-4-11-20(21)23(31)29(24)15-13-19-10-6-7-14-25-19/h1-12,14,16H,13,15,17H2,(H,28,30)/b26-16+. The minimum absolute atomic E-state index is 0.0838. The molecule has 4 aromatic rings. The Bertz CT molecular complexity index is 1290. The first-order valence-electron chi connectivity index (χ1n) is 10.1. The van der Waals surface area contributed by atoms with E-state index in [1.165, 1.54) is 11.8 Å². The molecule has 0 atom stereocenters. The number of thioether (sulfide) groups is 1. The van der Waals surface area contributed by atoms with Crippen LogP contribution in [0.4, 0.5) is 0 Å². The number of carbonyl (C=O) groups is 1. The molecule has 32 heavy (non-hydrogen) atoms. The van der Waals surface area contributed by atoms with Crippen LogP contribution < -0.4 is 11.0 Å². The number of carbonyl (C=O) groups excluding carboxylic acids is 1. The summed E-state index contributed by atoms with van der Waals surface area (Å²) in [5, 5.41) is 5.03. The summed E-state index contributed by atoms with van der Waals surface area (Å²) in [6.45, 7) is 0.420. The summed E-state index contributed by atoms with van der Waals surface area (Å²) in [6.07, 6.45) is 3.90. The molecule has 1 N–H and O–H groups in total. The second-order valence-electron chi connectivity index (χ2n) is 6.93. The number of rotatable bonds is 8. The lowest BCUT2D eigenvalue weighted by Gasteiger charge is -2.12. The number of nitrogens with one attached hydrogen (secondary N) is 1. The van der Waals surface area contributed by atoms with Gasteiger partial charge in [0.15, 0.2) is 5.16 Å². The topological polar surface area (TPSA) is 89.2 Å². The minimum atomic E-state index is -0.277. The van der Waals surface area contributed by atoms with Crippen LogP contribution in [0.1, 0.15) is 11.3 Å². The van der Waals surface area contributed by atoms with E-state index < -0.39 is 0 Å². The predicted octanol–water partition coefficient (Wildman–Crippen LogP) is 3.28. The number of amides is 1. The molecule has 1 amide bonds. The zero-order valence-electron chi connectivity index (χ0n) is 17.2. The summed E-state index contributed by atoms with van der Waals surface area (Å²) in [4.78, 5) is 34.3. The van der Waals surface area contributed by atoms with E-state index in [1.807, 2.05) is 60.7 Å². The molecular weight excluding hydrogens is 422 g/mol. The molecular formula is C24H21N5O2S. The second-order valence-corrected chi connectivity index (χ2v) is 7.87. The first-order chi connectivity index (χ1) is 15.7. The Kier molecular flexibility index (Phi) is 7.04. The molecule has 2 aromatic carbocycles. The van der Waals surface area contributed by atoms with Crippen molar-refractivity contribution in [2.75, 3.05) is 5.75 Å². The normalized spacial score (nSPS) is 11.1. The minimum Gasteiger partial charge on any atom is -0.287 e. The highest BCUT2D eigenvalue weighted by Gasteiger charge is 2.13. The van der Waals surface area contributed by atoms with Crippen LogP contribution in [0.2, 0.25) is 0 Å². The van der Waals surface area contributed by atoms with Gasteiger partial charge in [-0.05, 0) is 29.8 Å². The number of hydrogen-bond donors (Lipinski definition) is 1. The molecule has 7 nitrogen and oxygen atoms in total. The molecule has 0 aliphatic rings. The Morgan fingerprint density at radius 2 is 1.81 bits per heavy atom. The fourth-order valence-electron chi connectivity index (χ4n) is 3.11. The third kappa shape index (κ3) is 5.47. The summed E-state index contributed by atoms with van der Waals surface area (Å²) in [7, 11) is 0. The van der Waals surface area contributed by atoms with Gasteiger partial charge in [0, 0.05) is 24.9 Å². The summed E-state index contributed by atoms with van der Waals surface area (Å²) < 4.78 is 1.61. The Morgan fingerprint density at radius 1 is 1.03 bits per heavy atom. The van der Waals surface area contributed by atoms with E-state index >= 15 is 0 Å². The average molecular weight is 444 g/mol. The van der Waals surface area contributed by atoms with E-state index in [9.17, 15) is 9.59 Å². The zero-order valence-corrected chi connectivity index (χ0v) is 18.0. The molecule has 8 heteroatoms. The molecule has 0 aliphatic carbocycles. The van der Waals surface area contributed by atoms with Crippen molar-refractivity contribution in [1.29, 1.82) is 0 Å². The van der Waals surface area contributed by atoms with Crippen LogP contribution >= 0.6 is 11.8 Å². The highest BCUT2D eigenvalue weighted by molar-refractivity contribution is 7.99. The van der Waals surface area contributed by atoms with Crippen molar-refractivity contribution >= 4 is 34.8 Å². The van der Waals surface area contributed by atoms with Gasteiger partial charge in [0.2, 0.25) is 0 Å². The summed E-state index contributed by atoms with van der Waals surface area (Å²) in [6, 6.07) is 22.4. The molecule has 0 bridgehead atoms. The van der Waals surface area contributed by atoms with Crippen molar-refractivity contribution in [3.63, 3.8) is 0 Å². The first-order valence-corrected chi connectivity index (χ1v) is 11.1. The van der Waals surface area contributed by atoms with Crippen molar-refractivity contribution < 1.29 is 4.79 Å². The van der Waals surface area contributed by atoms with E-state index in [4.69, 9.17) is 0 Å². The van der Waals surface area contributed by atoms with E-state index in [0.717, 1.165) is 11.3 Å². The number of aromatic nitrogens is 3. The number of hydrazone groups is 1. The van der Waals surface area contributed by atoms with Gasteiger partial charge in [-0.1, -0.05) is 60.3 Å². The smallest absolute Gasteiger partial charge is 0.262 e. The molecule has 0 aliphatic heterocycles. The average Bonchev–Trinajstić information content (AvgIpc) is 2.83. The van der Waals surface area contributed by atoms with Gasteiger partial charge in [0.1, 0.15) is 0 Å². The van der Waals surface area contributed by atoms with Crippen LogP contribution in [0.3, 0.4) is 0 Å². The lowest BCUT2D eigenvalue weighted by atomic mass is 10.2. The van der Waals surface area contributed by atoms with Crippen molar-refractivity contribution in [2.24, 2.45) is 5.10 Å². The highest BCUT2D eigenvalue weighted by Crippen LogP contribution is 2.18. The quantitative estimate of drug-likeness (QED) is 0.195. The molecule has 0 saturated carbocycles.